The van der Waals surface area contributed by atoms with Gasteiger partial charge < -0.3 is 10.1 Å². The van der Waals surface area contributed by atoms with E-state index < -0.39 is 0 Å². The van der Waals surface area contributed by atoms with Crippen LogP contribution < -0.4 is 5.32 Å². The van der Waals surface area contributed by atoms with Crippen molar-refractivity contribution in [2.45, 2.75) is 18.9 Å². The second-order valence-electron chi connectivity index (χ2n) is 5.92. The van der Waals surface area contributed by atoms with Gasteiger partial charge in [-0.25, -0.2) is 0 Å². The van der Waals surface area contributed by atoms with Gasteiger partial charge in [0.15, 0.2) is 0 Å². The second kappa shape index (κ2) is 4.22. The van der Waals surface area contributed by atoms with Crippen LogP contribution in [0.1, 0.15) is 12.8 Å². The quantitative estimate of drug-likeness (QED) is 0.852. The van der Waals surface area contributed by atoms with E-state index in [1.165, 1.54) is 0 Å². The van der Waals surface area contributed by atoms with E-state index in [-0.39, 0.29) is 41.7 Å². The number of carbonyl (C=O) groups is 2. The number of benzene rings is 1. The first kappa shape index (κ1) is 12.2. The van der Waals surface area contributed by atoms with Gasteiger partial charge in [-0.2, -0.15) is 0 Å². The Morgan fingerprint density at radius 3 is 2.75 bits per heavy atom. The van der Waals surface area contributed by atoms with Gasteiger partial charge in [-0.1, -0.05) is 11.6 Å². The highest BCUT2D eigenvalue weighted by molar-refractivity contribution is 6.30. The molecule has 3 aliphatic rings. The van der Waals surface area contributed by atoms with E-state index in [9.17, 15) is 9.59 Å². The molecule has 0 aromatic heterocycles. The molecule has 1 aliphatic heterocycles. The molecule has 1 aromatic carbocycles. The molecule has 1 aromatic rings. The SMILES string of the molecule is O=C1O[C@H]2C[C@H]3C[C@H]2[C@@H]1[C@H]3C(=O)Nc1ccc(Cl)cc1. The Bertz CT molecular complexity index is 583. The largest absolute Gasteiger partial charge is 0.462 e. The lowest BCUT2D eigenvalue weighted by atomic mass is 9.79. The van der Waals surface area contributed by atoms with Crippen LogP contribution in [0.25, 0.3) is 0 Å². The summed E-state index contributed by atoms with van der Waals surface area (Å²) < 4.78 is 5.35. The van der Waals surface area contributed by atoms with Crippen molar-refractivity contribution in [1.82, 2.24) is 0 Å². The maximum absolute atomic E-state index is 12.5. The monoisotopic (exact) mass is 291 g/mol. The van der Waals surface area contributed by atoms with Crippen LogP contribution in [0.5, 0.6) is 0 Å². The summed E-state index contributed by atoms with van der Waals surface area (Å²) >= 11 is 5.82. The van der Waals surface area contributed by atoms with Crippen LogP contribution in [0, 0.1) is 23.7 Å². The minimum atomic E-state index is -0.234. The summed E-state index contributed by atoms with van der Waals surface area (Å²) in [6.45, 7) is 0. The molecule has 1 amide bonds. The molecule has 0 radical (unpaired) electrons. The Kier molecular flexibility index (Phi) is 2.58. The highest BCUT2D eigenvalue weighted by atomic mass is 35.5. The van der Waals surface area contributed by atoms with E-state index in [1.807, 2.05) is 0 Å². The lowest BCUT2D eigenvalue weighted by molar-refractivity contribution is -0.145. The fraction of sp³-hybridized carbons (Fsp3) is 0.467. The first-order valence-corrected chi connectivity index (χ1v) is 7.28. The maximum Gasteiger partial charge on any atom is 0.310 e. The zero-order valence-corrected chi connectivity index (χ0v) is 11.5. The molecule has 2 aliphatic carbocycles. The Morgan fingerprint density at radius 1 is 1.25 bits per heavy atom. The summed E-state index contributed by atoms with van der Waals surface area (Å²) in [6.07, 6.45) is 1.85. The summed E-state index contributed by atoms with van der Waals surface area (Å²) in [4.78, 5) is 24.4. The van der Waals surface area contributed by atoms with Crippen LogP contribution in [0.3, 0.4) is 0 Å². The lowest BCUT2D eigenvalue weighted by Gasteiger charge is -2.23. The van der Waals surface area contributed by atoms with Crippen molar-refractivity contribution in [1.29, 1.82) is 0 Å². The summed E-state index contributed by atoms with van der Waals surface area (Å²) in [5.41, 5.74) is 0.713. The van der Waals surface area contributed by atoms with Crippen LogP contribution in [-0.2, 0) is 14.3 Å². The highest BCUT2D eigenvalue weighted by Gasteiger charge is 2.63. The van der Waals surface area contributed by atoms with E-state index in [0.29, 0.717) is 10.7 Å². The van der Waals surface area contributed by atoms with Crippen LogP contribution in [-0.4, -0.2) is 18.0 Å². The molecule has 3 fully saturated rings. The third-order valence-corrected chi connectivity index (χ3v) is 5.15. The number of rotatable bonds is 2. The standard InChI is InChI=1S/C15H14ClNO3/c16-8-1-3-9(4-2-8)17-14(18)12-7-5-10-11(6-7)20-15(19)13(10)12/h1-4,7,10-13H,5-6H2,(H,17,18)/t7-,10-,11+,12+,13-/m1/s1. The normalized spacial score (nSPS) is 37.0. The van der Waals surface area contributed by atoms with E-state index in [0.717, 1.165) is 12.8 Å². The van der Waals surface area contributed by atoms with Gasteiger partial charge >= 0.3 is 5.97 Å². The van der Waals surface area contributed by atoms with E-state index in [1.54, 1.807) is 24.3 Å². The number of hydrogen-bond acceptors (Lipinski definition) is 3. The van der Waals surface area contributed by atoms with Gasteiger partial charge in [0.05, 0.1) is 11.8 Å². The number of carbonyl (C=O) groups excluding carboxylic acids is 2. The van der Waals surface area contributed by atoms with Gasteiger partial charge in [0.1, 0.15) is 6.10 Å². The number of nitrogens with one attached hydrogen (secondary N) is 1. The van der Waals surface area contributed by atoms with Crippen molar-refractivity contribution in [3.05, 3.63) is 29.3 Å². The van der Waals surface area contributed by atoms with Crippen molar-refractivity contribution in [2.75, 3.05) is 5.32 Å². The number of esters is 1. The Hall–Kier alpha value is -1.55. The van der Waals surface area contributed by atoms with E-state index in [4.69, 9.17) is 16.3 Å². The molecule has 0 unspecified atom stereocenters. The molecule has 20 heavy (non-hydrogen) atoms. The molecule has 1 saturated heterocycles. The molecule has 1 N–H and O–H groups in total. The maximum atomic E-state index is 12.5. The average Bonchev–Trinajstić information content (AvgIpc) is 3.02. The number of amides is 1. The molecule has 2 saturated carbocycles. The second-order valence-corrected chi connectivity index (χ2v) is 6.35. The topological polar surface area (TPSA) is 55.4 Å². The first-order valence-electron chi connectivity index (χ1n) is 6.90. The van der Waals surface area contributed by atoms with Crippen LogP contribution in [0.2, 0.25) is 5.02 Å². The molecule has 1 heterocycles. The van der Waals surface area contributed by atoms with Gasteiger partial charge in [0, 0.05) is 16.6 Å². The fourth-order valence-electron chi connectivity index (χ4n) is 4.12. The van der Waals surface area contributed by atoms with Crippen molar-refractivity contribution in [3.63, 3.8) is 0 Å². The third-order valence-electron chi connectivity index (χ3n) is 4.90. The molecular weight excluding hydrogens is 278 g/mol. The number of fused-ring (bicyclic) bond motifs is 1. The zero-order valence-electron chi connectivity index (χ0n) is 10.7. The Balaban J connectivity index is 1.54. The van der Waals surface area contributed by atoms with Crippen LogP contribution in [0.15, 0.2) is 24.3 Å². The number of hydrogen-bond donors (Lipinski definition) is 1. The molecule has 5 atom stereocenters. The summed E-state index contributed by atoms with van der Waals surface area (Å²) in [5, 5.41) is 3.52. The minimum Gasteiger partial charge on any atom is -0.462 e. The van der Waals surface area contributed by atoms with Crippen LogP contribution in [0.4, 0.5) is 5.69 Å². The molecule has 4 rings (SSSR count). The molecule has 4 nitrogen and oxygen atoms in total. The molecule has 2 bridgehead atoms. The van der Waals surface area contributed by atoms with E-state index in [2.05, 4.69) is 5.32 Å². The average molecular weight is 292 g/mol. The van der Waals surface area contributed by atoms with Gasteiger partial charge in [-0.3, -0.25) is 9.59 Å². The fourth-order valence-corrected chi connectivity index (χ4v) is 4.25. The van der Waals surface area contributed by atoms with Gasteiger partial charge in [-0.05, 0) is 43.0 Å². The van der Waals surface area contributed by atoms with Gasteiger partial charge in [0.2, 0.25) is 5.91 Å². The molecule has 104 valence electrons. The number of halogens is 1. The summed E-state index contributed by atoms with van der Waals surface area (Å²) in [7, 11) is 0. The first-order chi connectivity index (χ1) is 9.63. The predicted molar refractivity (Wildman–Crippen MR) is 73.2 cm³/mol. The number of anilines is 1. The van der Waals surface area contributed by atoms with E-state index >= 15 is 0 Å². The Labute approximate surface area is 121 Å². The van der Waals surface area contributed by atoms with Crippen LogP contribution >= 0.6 is 11.6 Å². The summed E-state index contributed by atoms with van der Waals surface area (Å²) in [6, 6.07) is 7.00. The van der Waals surface area contributed by atoms with Gasteiger partial charge in [0.25, 0.3) is 0 Å². The minimum absolute atomic E-state index is 0.0667. The molecular formula is C15H14ClNO3. The van der Waals surface area contributed by atoms with Crippen molar-refractivity contribution >= 4 is 29.2 Å². The zero-order chi connectivity index (χ0) is 13.9. The third kappa shape index (κ3) is 1.67. The Morgan fingerprint density at radius 2 is 2.00 bits per heavy atom. The highest BCUT2D eigenvalue weighted by Crippen LogP contribution is 2.57. The summed E-state index contributed by atoms with van der Waals surface area (Å²) in [5.74, 6) is -0.173. The number of ether oxygens (including phenoxy) is 1. The molecule has 5 heteroatoms. The molecule has 0 spiro atoms. The van der Waals surface area contributed by atoms with Crippen molar-refractivity contribution in [2.24, 2.45) is 23.7 Å². The predicted octanol–water partition coefficient (Wildman–Crippen LogP) is 2.48. The van der Waals surface area contributed by atoms with Crippen molar-refractivity contribution < 1.29 is 14.3 Å². The lowest BCUT2D eigenvalue weighted by Crippen LogP contribution is -2.35. The van der Waals surface area contributed by atoms with Gasteiger partial charge in [-0.15, -0.1) is 0 Å². The smallest absolute Gasteiger partial charge is 0.310 e. The van der Waals surface area contributed by atoms with Crippen molar-refractivity contribution in [3.8, 4) is 0 Å².